The van der Waals surface area contributed by atoms with E-state index >= 15 is 0 Å². The molecule has 0 aliphatic heterocycles. The summed E-state index contributed by atoms with van der Waals surface area (Å²) in [4.78, 5) is 12.0. The molecule has 5 nitrogen and oxygen atoms in total. The van der Waals surface area contributed by atoms with Gasteiger partial charge in [-0.3, -0.25) is 9.48 Å². The minimum absolute atomic E-state index is 0.246. The number of nitrogens with one attached hydrogen (secondary N) is 1. The molecule has 0 spiro atoms. The summed E-state index contributed by atoms with van der Waals surface area (Å²) in [5.74, 6) is -0.246. The summed E-state index contributed by atoms with van der Waals surface area (Å²) >= 11 is 11.8. The van der Waals surface area contributed by atoms with Crippen LogP contribution < -0.4 is 11.1 Å². The number of hydrogen-bond acceptors (Lipinski definition) is 3. The van der Waals surface area contributed by atoms with Gasteiger partial charge in [-0.1, -0.05) is 23.2 Å². The van der Waals surface area contributed by atoms with E-state index in [1.807, 2.05) is 19.3 Å². The third kappa shape index (κ3) is 3.43. The quantitative estimate of drug-likeness (QED) is 0.851. The number of hydrogen-bond donors (Lipinski definition) is 2. The summed E-state index contributed by atoms with van der Waals surface area (Å²) < 4.78 is 1.72. The molecule has 1 amide bonds. The fourth-order valence-electron chi connectivity index (χ4n) is 1.72. The van der Waals surface area contributed by atoms with E-state index < -0.39 is 0 Å². The lowest BCUT2D eigenvalue weighted by Gasteiger charge is -2.07. The maximum absolute atomic E-state index is 12.0. The molecular formula is C13H14Cl2N4O. The molecule has 2 rings (SSSR count). The van der Waals surface area contributed by atoms with Crippen LogP contribution in [0.25, 0.3) is 0 Å². The van der Waals surface area contributed by atoms with Gasteiger partial charge in [0.25, 0.3) is 5.91 Å². The Balaban J connectivity index is 1.95. The number of nitrogens with zero attached hydrogens (tertiary/aromatic N) is 2. The molecule has 0 bridgehead atoms. The summed E-state index contributed by atoms with van der Waals surface area (Å²) in [5.41, 5.74) is 7.20. The van der Waals surface area contributed by atoms with Crippen molar-refractivity contribution in [3.8, 4) is 0 Å². The van der Waals surface area contributed by atoms with E-state index in [0.717, 1.165) is 5.69 Å². The molecule has 1 heterocycles. The fourth-order valence-corrected chi connectivity index (χ4v) is 2.21. The highest BCUT2D eigenvalue weighted by molar-refractivity contribution is 6.39. The van der Waals surface area contributed by atoms with Gasteiger partial charge in [0.2, 0.25) is 0 Å². The maximum atomic E-state index is 12.0. The molecule has 7 heteroatoms. The van der Waals surface area contributed by atoms with Crippen molar-refractivity contribution in [3.05, 3.63) is 45.7 Å². The number of halogens is 2. The van der Waals surface area contributed by atoms with Crippen LogP contribution in [0.1, 0.15) is 16.1 Å². The Labute approximate surface area is 126 Å². The number of benzene rings is 1. The van der Waals surface area contributed by atoms with Crippen molar-refractivity contribution in [1.29, 1.82) is 0 Å². The Bertz CT molecular complexity index is 616. The van der Waals surface area contributed by atoms with Crippen LogP contribution >= 0.6 is 23.2 Å². The lowest BCUT2D eigenvalue weighted by Crippen LogP contribution is -2.25. The maximum Gasteiger partial charge on any atom is 0.251 e. The normalized spacial score (nSPS) is 10.6. The average molecular weight is 313 g/mol. The molecule has 0 fully saturated rings. The molecule has 0 saturated carbocycles. The number of anilines is 1. The number of carbonyl (C=O) groups is 1. The highest BCUT2D eigenvalue weighted by Crippen LogP contribution is 2.28. The Kier molecular flexibility index (Phi) is 4.52. The summed E-state index contributed by atoms with van der Waals surface area (Å²) in [6, 6.07) is 4.90. The van der Waals surface area contributed by atoms with E-state index in [1.165, 1.54) is 12.1 Å². The van der Waals surface area contributed by atoms with Crippen LogP contribution in [-0.2, 0) is 13.5 Å². The topological polar surface area (TPSA) is 72.9 Å². The number of nitrogens with two attached hydrogens (primary N) is 1. The molecule has 2 aromatic rings. The second-order valence-electron chi connectivity index (χ2n) is 4.34. The Morgan fingerprint density at radius 2 is 2.05 bits per heavy atom. The molecule has 0 aliphatic carbocycles. The van der Waals surface area contributed by atoms with Crippen LogP contribution in [0.15, 0.2) is 24.4 Å². The van der Waals surface area contributed by atoms with Crippen molar-refractivity contribution in [2.75, 3.05) is 12.3 Å². The van der Waals surface area contributed by atoms with Crippen molar-refractivity contribution in [2.24, 2.45) is 7.05 Å². The van der Waals surface area contributed by atoms with E-state index in [9.17, 15) is 4.79 Å². The Morgan fingerprint density at radius 3 is 2.60 bits per heavy atom. The number of amides is 1. The van der Waals surface area contributed by atoms with Crippen molar-refractivity contribution >= 4 is 34.8 Å². The highest BCUT2D eigenvalue weighted by atomic mass is 35.5. The van der Waals surface area contributed by atoms with E-state index in [-0.39, 0.29) is 21.6 Å². The lowest BCUT2D eigenvalue weighted by atomic mass is 10.2. The fraction of sp³-hybridized carbons (Fsp3) is 0.231. The summed E-state index contributed by atoms with van der Waals surface area (Å²) in [6.45, 7) is 0.482. The van der Waals surface area contributed by atoms with E-state index in [4.69, 9.17) is 28.9 Å². The van der Waals surface area contributed by atoms with Gasteiger partial charge < -0.3 is 11.1 Å². The van der Waals surface area contributed by atoms with Crippen molar-refractivity contribution in [2.45, 2.75) is 6.42 Å². The Morgan fingerprint density at radius 1 is 1.40 bits per heavy atom. The van der Waals surface area contributed by atoms with Crippen LogP contribution in [-0.4, -0.2) is 22.2 Å². The smallest absolute Gasteiger partial charge is 0.251 e. The summed E-state index contributed by atoms with van der Waals surface area (Å²) in [7, 11) is 1.85. The van der Waals surface area contributed by atoms with Gasteiger partial charge in [-0.15, -0.1) is 0 Å². The van der Waals surface area contributed by atoms with Gasteiger partial charge in [0, 0.05) is 31.8 Å². The predicted octanol–water partition coefficient (Wildman–Crippen LogP) is 2.28. The average Bonchev–Trinajstić information content (AvgIpc) is 2.81. The lowest BCUT2D eigenvalue weighted by molar-refractivity contribution is 0.0954. The number of aromatic nitrogens is 2. The first-order valence-corrected chi connectivity index (χ1v) is 6.74. The molecule has 0 radical (unpaired) electrons. The molecule has 20 heavy (non-hydrogen) atoms. The molecular weight excluding hydrogens is 299 g/mol. The van der Waals surface area contributed by atoms with Crippen molar-refractivity contribution < 1.29 is 4.79 Å². The van der Waals surface area contributed by atoms with Gasteiger partial charge in [-0.2, -0.15) is 5.10 Å². The third-order valence-electron chi connectivity index (χ3n) is 2.78. The van der Waals surface area contributed by atoms with E-state index in [1.54, 1.807) is 4.68 Å². The molecule has 0 atom stereocenters. The largest absolute Gasteiger partial charge is 0.396 e. The zero-order valence-corrected chi connectivity index (χ0v) is 12.4. The van der Waals surface area contributed by atoms with Crippen LogP contribution in [0.2, 0.25) is 10.0 Å². The highest BCUT2D eigenvalue weighted by Gasteiger charge is 2.11. The van der Waals surface area contributed by atoms with Crippen LogP contribution in [0, 0.1) is 0 Å². The van der Waals surface area contributed by atoms with Gasteiger partial charge in [-0.05, 0) is 18.2 Å². The van der Waals surface area contributed by atoms with Crippen LogP contribution in [0.3, 0.4) is 0 Å². The van der Waals surface area contributed by atoms with Gasteiger partial charge >= 0.3 is 0 Å². The standard InChI is InChI=1S/C13H14Cl2N4O/c1-19-5-3-9(18-19)2-4-17-13(20)8-6-10(14)12(16)11(15)7-8/h3,5-7H,2,4,16H2,1H3,(H,17,20). The second-order valence-corrected chi connectivity index (χ2v) is 5.15. The summed E-state index contributed by atoms with van der Waals surface area (Å²) in [6.07, 6.45) is 2.51. The number of aryl methyl sites for hydroxylation is 1. The minimum Gasteiger partial charge on any atom is -0.396 e. The molecule has 3 N–H and O–H groups in total. The zero-order valence-electron chi connectivity index (χ0n) is 10.9. The minimum atomic E-state index is -0.246. The summed E-state index contributed by atoms with van der Waals surface area (Å²) in [5, 5.41) is 7.55. The molecule has 106 valence electrons. The predicted molar refractivity (Wildman–Crippen MR) is 80.1 cm³/mol. The first-order chi connectivity index (χ1) is 9.47. The van der Waals surface area contributed by atoms with Crippen molar-refractivity contribution in [1.82, 2.24) is 15.1 Å². The monoisotopic (exact) mass is 312 g/mol. The third-order valence-corrected chi connectivity index (χ3v) is 3.40. The molecule has 0 unspecified atom stereocenters. The molecule has 1 aromatic heterocycles. The number of nitrogen functional groups attached to an aromatic ring is 1. The Hall–Kier alpha value is -1.72. The van der Waals surface area contributed by atoms with Crippen LogP contribution in [0.5, 0.6) is 0 Å². The van der Waals surface area contributed by atoms with E-state index in [0.29, 0.717) is 18.5 Å². The molecule has 1 aromatic carbocycles. The van der Waals surface area contributed by atoms with Crippen molar-refractivity contribution in [3.63, 3.8) is 0 Å². The first-order valence-electron chi connectivity index (χ1n) is 5.98. The zero-order chi connectivity index (χ0) is 14.7. The van der Waals surface area contributed by atoms with Gasteiger partial charge in [0.05, 0.1) is 21.4 Å². The second kappa shape index (κ2) is 6.15. The van der Waals surface area contributed by atoms with E-state index in [2.05, 4.69) is 10.4 Å². The first kappa shape index (κ1) is 14.7. The van der Waals surface area contributed by atoms with Crippen LogP contribution in [0.4, 0.5) is 5.69 Å². The SMILES string of the molecule is Cn1ccc(CCNC(=O)c2cc(Cl)c(N)c(Cl)c2)n1. The molecule has 0 saturated heterocycles. The van der Waals surface area contributed by atoms with Gasteiger partial charge in [-0.25, -0.2) is 0 Å². The number of rotatable bonds is 4. The molecule has 0 aliphatic rings. The van der Waals surface area contributed by atoms with Gasteiger partial charge in [0.1, 0.15) is 0 Å². The van der Waals surface area contributed by atoms with Gasteiger partial charge in [0.15, 0.2) is 0 Å². The number of carbonyl (C=O) groups excluding carboxylic acids is 1.